The lowest BCUT2D eigenvalue weighted by Gasteiger charge is -2.22. The first-order valence-electron chi connectivity index (χ1n) is 12.6. The van der Waals surface area contributed by atoms with Gasteiger partial charge in [-0.1, -0.05) is 49.4 Å². The van der Waals surface area contributed by atoms with Gasteiger partial charge in [-0.2, -0.15) is 0 Å². The molecule has 0 radical (unpaired) electrons. The molecule has 0 aromatic heterocycles. The van der Waals surface area contributed by atoms with E-state index in [0.29, 0.717) is 24.2 Å². The standard InChI is InChI=1S/C28H36N4O6/c1-5-15-30-24(33)20(16-17-9-7-6-8-10-17)32-26(35)23-22(37-23)25(34)31-19-13-11-18(12-14-19)21(29)27(36)38-28(2,3)4/h6-14,20-23H,5,15-16,29H2,1-4H3,(H,30,33)(H,31,34)(H,32,35)/t20-,21?,22?,23?/m0/s1. The number of ether oxygens (including phenoxy) is 2. The van der Waals surface area contributed by atoms with Crippen LogP contribution in [0.5, 0.6) is 0 Å². The van der Waals surface area contributed by atoms with Gasteiger partial charge in [0.2, 0.25) is 5.91 Å². The van der Waals surface area contributed by atoms with Gasteiger partial charge >= 0.3 is 5.97 Å². The van der Waals surface area contributed by atoms with Gasteiger partial charge in [-0.25, -0.2) is 4.79 Å². The van der Waals surface area contributed by atoms with E-state index in [-0.39, 0.29) is 5.91 Å². The van der Waals surface area contributed by atoms with E-state index in [2.05, 4.69) is 16.0 Å². The van der Waals surface area contributed by atoms with Gasteiger partial charge < -0.3 is 31.2 Å². The van der Waals surface area contributed by atoms with Gasteiger partial charge in [0.25, 0.3) is 11.8 Å². The SMILES string of the molecule is CCCNC(=O)[C@H](Cc1ccccc1)NC(=O)C1OC1C(=O)Nc1ccc(C(N)C(=O)OC(C)(C)C)cc1. The predicted molar refractivity (Wildman–Crippen MR) is 142 cm³/mol. The Morgan fingerprint density at radius 1 is 0.974 bits per heavy atom. The molecule has 3 unspecified atom stereocenters. The summed E-state index contributed by atoms with van der Waals surface area (Å²) < 4.78 is 10.6. The molecule has 1 fully saturated rings. The van der Waals surface area contributed by atoms with E-state index in [1.165, 1.54) is 0 Å². The smallest absolute Gasteiger partial charge is 0.328 e. The van der Waals surface area contributed by atoms with Crippen LogP contribution in [0.25, 0.3) is 0 Å². The largest absolute Gasteiger partial charge is 0.459 e. The highest BCUT2D eigenvalue weighted by Crippen LogP contribution is 2.25. The molecule has 1 aliphatic rings. The quantitative estimate of drug-likeness (QED) is 0.259. The number of esters is 1. The Hall–Kier alpha value is -3.76. The summed E-state index contributed by atoms with van der Waals surface area (Å²) in [6, 6.07) is 14.0. The van der Waals surface area contributed by atoms with Crippen LogP contribution in [-0.4, -0.2) is 54.1 Å². The minimum absolute atomic E-state index is 0.296. The fourth-order valence-electron chi connectivity index (χ4n) is 3.68. The van der Waals surface area contributed by atoms with Crippen LogP contribution in [0.4, 0.5) is 5.69 Å². The van der Waals surface area contributed by atoms with Crippen molar-refractivity contribution in [2.75, 3.05) is 11.9 Å². The second-order valence-electron chi connectivity index (χ2n) is 10.1. The molecule has 204 valence electrons. The number of hydrogen-bond donors (Lipinski definition) is 4. The normalized spacial score (nSPS) is 18.0. The molecule has 4 atom stereocenters. The van der Waals surface area contributed by atoms with E-state index in [1.54, 1.807) is 45.0 Å². The molecule has 3 amide bonds. The van der Waals surface area contributed by atoms with Crippen LogP contribution in [-0.2, 0) is 35.1 Å². The number of carbonyl (C=O) groups excluding carboxylic acids is 4. The zero-order valence-electron chi connectivity index (χ0n) is 22.2. The van der Waals surface area contributed by atoms with E-state index < -0.39 is 47.7 Å². The van der Waals surface area contributed by atoms with Gasteiger partial charge in [0.1, 0.15) is 17.7 Å². The Balaban J connectivity index is 1.55. The van der Waals surface area contributed by atoms with Crippen molar-refractivity contribution in [3.63, 3.8) is 0 Å². The summed E-state index contributed by atoms with van der Waals surface area (Å²) >= 11 is 0. The lowest BCUT2D eigenvalue weighted by molar-refractivity contribution is -0.156. The number of amides is 3. The summed E-state index contributed by atoms with van der Waals surface area (Å²) in [5, 5.41) is 8.21. The Morgan fingerprint density at radius 2 is 1.61 bits per heavy atom. The summed E-state index contributed by atoms with van der Waals surface area (Å²) in [6.07, 6.45) is -0.898. The van der Waals surface area contributed by atoms with Crippen LogP contribution in [0.3, 0.4) is 0 Å². The molecule has 0 bridgehead atoms. The summed E-state index contributed by atoms with van der Waals surface area (Å²) in [7, 11) is 0. The minimum atomic E-state index is -0.993. The molecule has 0 saturated carbocycles. The molecule has 1 heterocycles. The molecule has 3 rings (SSSR count). The second kappa shape index (κ2) is 12.7. The first kappa shape index (κ1) is 28.8. The second-order valence-corrected chi connectivity index (χ2v) is 10.1. The molecule has 10 nitrogen and oxygen atoms in total. The van der Waals surface area contributed by atoms with E-state index in [9.17, 15) is 19.2 Å². The molecule has 5 N–H and O–H groups in total. The number of anilines is 1. The van der Waals surface area contributed by atoms with Gasteiger partial charge in [-0.3, -0.25) is 14.4 Å². The lowest BCUT2D eigenvalue weighted by Crippen LogP contribution is -2.49. The van der Waals surface area contributed by atoms with Crippen LogP contribution in [0.2, 0.25) is 0 Å². The average Bonchev–Trinajstić information content (AvgIpc) is 3.68. The predicted octanol–water partition coefficient (Wildman–Crippen LogP) is 1.99. The molecule has 0 spiro atoms. The number of hydrogen-bond acceptors (Lipinski definition) is 7. The lowest BCUT2D eigenvalue weighted by atomic mass is 10.0. The molecule has 1 aliphatic heterocycles. The number of benzene rings is 2. The van der Waals surface area contributed by atoms with Crippen molar-refractivity contribution < 1.29 is 28.7 Å². The molecular weight excluding hydrogens is 488 g/mol. The van der Waals surface area contributed by atoms with Crippen molar-refractivity contribution in [1.29, 1.82) is 0 Å². The highest BCUT2D eigenvalue weighted by molar-refractivity contribution is 6.02. The molecule has 38 heavy (non-hydrogen) atoms. The van der Waals surface area contributed by atoms with Crippen LogP contribution in [0.1, 0.15) is 51.3 Å². The Labute approximate surface area is 222 Å². The molecule has 2 aromatic rings. The minimum Gasteiger partial charge on any atom is -0.459 e. The first-order valence-corrected chi connectivity index (χ1v) is 12.6. The number of carbonyl (C=O) groups is 4. The van der Waals surface area contributed by atoms with Gasteiger partial charge in [0.05, 0.1) is 0 Å². The fraction of sp³-hybridized carbons (Fsp3) is 0.429. The van der Waals surface area contributed by atoms with Crippen LogP contribution in [0.15, 0.2) is 54.6 Å². The third-order valence-corrected chi connectivity index (χ3v) is 5.67. The number of nitrogens with one attached hydrogen (secondary N) is 3. The van der Waals surface area contributed by atoms with E-state index in [1.807, 2.05) is 37.3 Å². The third kappa shape index (κ3) is 8.39. The van der Waals surface area contributed by atoms with Crippen LogP contribution < -0.4 is 21.7 Å². The van der Waals surface area contributed by atoms with Crippen molar-refractivity contribution in [3.8, 4) is 0 Å². The van der Waals surface area contributed by atoms with Crippen molar-refractivity contribution in [3.05, 3.63) is 65.7 Å². The maximum atomic E-state index is 12.8. The molecule has 2 aromatic carbocycles. The Kier molecular flexibility index (Phi) is 9.60. The van der Waals surface area contributed by atoms with Gasteiger partial charge in [-0.15, -0.1) is 0 Å². The van der Waals surface area contributed by atoms with Crippen LogP contribution in [0, 0.1) is 0 Å². The third-order valence-electron chi connectivity index (χ3n) is 5.67. The Morgan fingerprint density at radius 3 is 2.21 bits per heavy atom. The summed E-state index contributed by atoms with van der Waals surface area (Å²) in [4.78, 5) is 50.3. The van der Waals surface area contributed by atoms with E-state index >= 15 is 0 Å². The number of nitrogens with two attached hydrogens (primary N) is 1. The van der Waals surface area contributed by atoms with Crippen molar-refractivity contribution >= 4 is 29.4 Å². The van der Waals surface area contributed by atoms with Crippen molar-refractivity contribution in [1.82, 2.24) is 10.6 Å². The summed E-state index contributed by atoms with van der Waals surface area (Å²) in [5.41, 5.74) is 7.21. The van der Waals surface area contributed by atoms with Crippen molar-refractivity contribution in [2.45, 2.75) is 70.4 Å². The highest BCUT2D eigenvalue weighted by atomic mass is 16.6. The summed E-state index contributed by atoms with van der Waals surface area (Å²) in [5.74, 6) is -1.88. The highest BCUT2D eigenvalue weighted by Gasteiger charge is 2.51. The number of epoxide rings is 1. The topological polar surface area (TPSA) is 152 Å². The number of rotatable bonds is 11. The maximum absolute atomic E-state index is 12.8. The zero-order chi connectivity index (χ0) is 27.9. The molecule has 10 heteroatoms. The van der Waals surface area contributed by atoms with Gasteiger partial charge in [0.15, 0.2) is 12.2 Å². The van der Waals surface area contributed by atoms with Crippen molar-refractivity contribution in [2.24, 2.45) is 5.73 Å². The van der Waals surface area contributed by atoms with Gasteiger partial charge in [-0.05, 0) is 50.5 Å². The fourth-order valence-corrected chi connectivity index (χ4v) is 3.68. The molecule has 0 aliphatic carbocycles. The van der Waals surface area contributed by atoms with Crippen LogP contribution >= 0.6 is 0 Å². The zero-order valence-corrected chi connectivity index (χ0v) is 22.2. The molecular formula is C28H36N4O6. The van der Waals surface area contributed by atoms with Gasteiger partial charge in [0, 0.05) is 18.7 Å². The Bertz CT molecular complexity index is 1130. The maximum Gasteiger partial charge on any atom is 0.328 e. The van der Waals surface area contributed by atoms with E-state index in [0.717, 1.165) is 12.0 Å². The first-order chi connectivity index (χ1) is 18.0. The molecule has 1 saturated heterocycles. The average molecular weight is 525 g/mol. The summed E-state index contributed by atoms with van der Waals surface area (Å²) in [6.45, 7) is 7.71. The van der Waals surface area contributed by atoms with E-state index in [4.69, 9.17) is 15.2 Å². The monoisotopic (exact) mass is 524 g/mol.